The van der Waals surface area contributed by atoms with E-state index in [1.54, 1.807) is 13.8 Å². The van der Waals surface area contributed by atoms with Crippen molar-refractivity contribution in [2.24, 2.45) is 0 Å². The minimum Gasteiger partial charge on any atom is -0.475 e. The van der Waals surface area contributed by atoms with Crippen LogP contribution in [0.15, 0.2) is 0 Å². The van der Waals surface area contributed by atoms with E-state index in [0.29, 0.717) is 11.3 Å². The third kappa shape index (κ3) is 3.59. The van der Waals surface area contributed by atoms with Gasteiger partial charge in [-0.05, 0) is 19.4 Å². The Morgan fingerprint density at radius 3 is 2.47 bits per heavy atom. The summed E-state index contributed by atoms with van der Waals surface area (Å²) >= 11 is 0. The predicted octanol–water partition coefficient (Wildman–Crippen LogP) is 2.30. The van der Waals surface area contributed by atoms with Gasteiger partial charge in [-0.2, -0.15) is 23.5 Å². The van der Waals surface area contributed by atoms with Gasteiger partial charge in [-0.15, -0.1) is 5.10 Å². The zero-order valence-electron chi connectivity index (χ0n) is 9.30. The van der Waals surface area contributed by atoms with E-state index in [1.165, 1.54) is 0 Å². The van der Waals surface area contributed by atoms with Crippen LogP contribution in [-0.2, 0) is 0 Å². The highest BCUT2D eigenvalue weighted by Crippen LogP contribution is 2.22. The van der Waals surface area contributed by atoms with Crippen molar-refractivity contribution >= 4 is 0 Å². The van der Waals surface area contributed by atoms with Gasteiger partial charge in [0, 0.05) is 0 Å². The van der Waals surface area contributed by atoms with Crippen molar-refractivity contribution in [1.29, 1.82) is 5.26 Å². The highest BCUT2D eigenvalue weighted by molar-refractivity contribution is 5.44. The molecule has 1 heterocycles. The Morgan fingerprint density at radius 2 is 1.94 bits per heavy atom. The van der Waals surface area contributed by atoms with E-state index in [9.17, 15) is 13.2 Å². The van der Waals surface area contributed by atoms with Gasteiger partial charge in [0.2, 0.25) is 0 Å². The average Bonchev–Trinajstić information content (AvgIpc) is 2.22. The Balaban J connectivity index is 2.79. The Hall–Kier alpha value is -1.84. The number of nitriles is 1. The average molecular weight is 245 g/mol. The van der Waals surface area contributed by atoms with Gasteiger partial charge in [0.1, 0.15) is 11.6 Å². The van der Waals surface area contributed by atoms with Crippen LogP contribution in [-0.4, -0.2) is 23.0 Å². The number of hydrogen-bond donors (Lipinski definition) is 0. The fourth-order valence-electron chi connectivity index (χ4n) is 1.08. The summed E-state index contributed by atoms with van der Waals surface area (Å²) in [6.45, 7) is 2.72. The molecule has 7 heteroatoms. The monoisotopic (exact) mass is 245 g/mol. The summed E-state index contributed by atoms with van der Waals surface area (Å²) in [4.78, 5) is 0. The molecule has 0 N–H and O–H groups in total. The van der Waals surface area contributed by atoms with E-state index in [0.717, 1.165) is 0 Å². The minimum absolute atomic E-state index is 0.125. The summed E-state index contributed by atoms with van der Waals surface area (Å²) in [5.41, 5.74) is 1.23. The van der Waals surface area contributed by atoms with E-state index < -0.39 is 19.2 Å². The highest BCUT2D eigenvalue weighted by Gasteiger charge is 2.27. The summed E-state index contributed by atoms with van der Waals surface area (Å²) in [6.07, 6.45) is -5.38. The molecule has 0 aromatic carbocycles. The molecule has 0 aliphatic heterocycles. The highest BCUT2D eigenvalue weighted by atomic mass is 19.4. The van der Waals surface area contributed by atoms with Gasteiger partial charge in [0.05, 0.1) is 18.7 Å². The Morgan fingerprint density at radius 1 is 1.29 bits per heavy atom. The first kappa shape index (κ1) is 13.2. The maximum absolute atomic E-state index is 11.9. The third-order valence-electron chi connectivity index (χ3n) is 2.16. The lowest BCUT2D eigenvalue weighted by molar-refractivity contribution is -0.139. The molecule has 0 amide bonds. The molecule has 17 heavy (non-hydrogen) atoms. The van der Waals surface area contributed by atoms with E-state index in [4.69, 9.17) is 10.00 Å². The zero-order chi connectivity index (χ0) is 13.1. The number of aryl methyl sites for hydroxylation is 1. The second-order valence-corrected chi connectivity index (χ2v) is 3.42. The normalized spacial score (nSPS) is 11.1. The van der Waals surface area contributed by atoms with Crippen molar-refractivity contribution in [3.8, 4) is 11.9 Å². The molecule has 0 fully saturated rings. The number of aromatic nitrogens is 2. The fraction of sp³-hybridized carbons (Fsp3) is 0.500. The SMILES string of the molecule is Cc1nnc(OCCC(F)(F)F)c(C#N)c1C. The fourth-order valence-corrected chi connectivity index (χ4v) is 1.08. The number of halogens is 3. The lowest BCUT2D eigenvalue weighted by atomic mass is 10.1. The van der Waals surface area contributed by atoms with Crippen LogP contribution in [0.25, 0.3) is 0 Å². The molecule has 0 saturated carbocycles. The van der Waals surface area contributed by atoms with Gasteiger partial charge in [0.25, 0.3) is 5.88 Å². The largest absolute Gasteiger partial charge is 0.475 e. The van der Waals surface area contributed by atoms with Crippen molar-refractivity contribution in [3.05, 3.63) is 16.8 Å². The molecule has 4 nitrogen and oxygen atoms in total. The van der Waals surface area contributed by atoms with Gasteiger partial charge < -0.3 is 4.74 Å². The summed E-state index contributed by atoms with van der Waals surface area (Å²) in [5, 5.41) is 16.1. The number of hydrogen-bond acceptors (Lipinski definition) is 4. The number of alkyl halides is 3. The molecule has 0 atom stereocenters. The lowest BCUT2D eigenvalue weighted by Crippen LogP contribution is -2.14. The summed E-state index contributed by atoms with van der Waals surface area (Å²) in [6, 6.07) is 1.84. The van der Waals surface area contributed by atoms with E-state index >= 15 is 0 Å². The van der Waals surface area contributed by atoms with Crippen molar-refractivity contribution in [3.63, 3.8) is 0 Å². The molecule has 1 aromatic rings. The first-order valence-electron chi connectivity index (χ1n) is 4.78. The Labute approximate surface area is 96.0 Å². The molecule has 0 unspecified atom stereocenters. The predicted molar refractivity (Wildman–Crippen MR) is 52.4 cm³/mol. The summed E-state index contributed by atoms with van der Waals surface area (Å²) in [5.74, 6) is -0.153. The third-order valence-corrected chi connectivity index (χ3v) is 2.16. The number of nitrogens with zero attached hydrogens (tertiary/aromatic N) is 3. The molecular weight excluding hydrogens is 235 g/mol. The zero-order valence-corrected chi connectivity index (χ0v) is 9.30. The van der Waals surface area contributed by atoms with Crippen LogP contribution >= 0.6 is 0 Å². The van der Waals surface area contributed by atoms with E-state index in [1.807, 2.05) is 6.07 Å². The minimum atomic E-state index is -4.29. The van der Waals surface area contributed by atoms with Crippen molar-refractivity contribution in [2.75, 3.05) is 6.61 Å². The molecule has 0 radical (unpaired) electrons. The van der Waals surface area contributed by atoms with Crippen LogP contribution in [0.2, 0.25) is 0 Å². The topological polar surface area (TPSA) is 58.8 Å². The molecule has 0 aliphatic carbocycles. The quantitative estimate of drug-likeness (QED) is 0.819. The van der Waals surface area contributed by atoms with Gasteiger partial charge in [-0.3, -0.25) is 0 Å². The smallest absolute Gasteiger partial charge is 0.392 e. The molecule has 1 aromatic heterocycles. The maximum Gasteiger partial charge on any atom is 0.392 e. The lowest BCUT2D eigenvalue weighted by Gasteiger charge is -2.10. The molecule has 0 saturated heterocycles. The van der Waals surface area contributed by atoms with Gasteiger partial charge in [-0.1, -0.05) is 0 Å². The van der Waals surface area contributed by atoms with Crippen molar-refractivity contribution in [1.82, 2.24) is 10.2 Å². The van der Waals surface area contributed by atoms with Crippen LogP contribution in [0.5, 0.6) is 5.88 Å². The summed E-state index contributed by atoms with van der Waals surface area (Å²) in [7, 11) is 0. The summed E-state index contributed by atoms with van der Waals surface area (Å²) < 4.78 is 40.5. The van der Waals surface area contributed by atoms with E-state index in [2.05, 4.69) is 10.2 Å². The Bertz CT molecular complexity index is 451. The molecule has 1 rings (SSSR count). The number of ether oxygens (including phenoxy) is 1. The van der Waals surface area contributed by atoms with Crippen LogP contribution in [0.3, 0.4) is 0 Å². The number of rotatable bonds is 3. The van der Waals surface area contributed by atoms with Crippen LogP contribution in [0.4, 0.5) is 13.2 Å². The van der Waals surface area contributed by atoms with Crippen LogP contribution < -0.4 is 4.74 Å². The molecule has 0 aliphatic rings. The maximum atomic E-state index is 11.9. The molecule has 0 spiro atoms. The molecule has 92 valence electrons. The second-order valence-electron chi connectivity index (χ2n) is 3.42. The first-order chi connectivity index (χ1) is 7.85. The Kier molecular flexibility index (Phi) is 3.89. The first-order valence-corrected chi connectivity index (χ1v) is 4.78. The van der Waals surface area contributed by atoms with Crippen LogP contribution in [0, 0.1) is 25.2 Å². The van der Waals surface area contributed by atoms with Crippen LogP contribution in [0.1, 0.15) is 23.2 Å². The van der Waals surface area contributed by atoms with Crippen molar-refractivity contribution < 1.29 is 17.9 Å². The van der Waals surface area contributed by atoms with Gasteiger partial charge >= 0.3 is 6.18 Å². The van der Waals surface area contributed by atoms with Crippen molar-refractivity contribution in [2.45, 2.75) is 26.4 Å². The second kappa shape index (κ2) is 4.99. The molecule has 0 bridgehead atoms. The standard InChI is InChI=1S/C10H10F3N3O/c1-6-7(2)15-16-9(8(6)5-14)17-4-3-10(11,12)13/h3-4H2,1-2H3. The van der Waals surface area contributed by atoms with E-state index in [-0.39, 0.29) is 11.4 Å². The molecular formula is C10H10F3N3O. The van der Waals surface area contributed by atoms with Gasteiger partial charge in [0.15, 0.2) is 0 Å². The van der Waals surface area contributed by atoms with Gasteiger partial charge in [-0.25, -0.2) is 0 Å².